The molecule has 0 saturated carbocycles. The number of esters is 1. The van der Waals surface area contributed by atoms with Crippen LogP contribution in [-0.2, 0) is 4.74 Å². The summed E-state index contributed by atoms with van der Waals surface area (Å²) < 4.78 is 4.96. The number of anilines is 1. The maximum atomic E-state index is 11.6. The molecule has 0 fully saturated rings. The minimum atomic E-state index is -0.301. The first-order chi connectivity index (χ1) is 12.2. The summed E-state index contributed by atoms with van der Waals surface area (Å²) in [6.07, 6.45) is 10.4. The Kier molecular flexibility index (Phi) is 11.7. The number of unbranched alkanes of at least 4 members (excludes halogenated alkanes) is 7. The Balaban J connectivity index is 2.13. The first-order valence-electron chi connectivity index (χ1n) is 9.49. The lowest BCUT2D eigenvalue weighted by Gasteiger charge is -2.11. The van der Waals surface area contributed by atoms with Crippen molar-refractivity contribution in [3.63, 3.8) is 0 Å². The monoisotopic (exact) mass is 364 g/mol. The number of benzene rings is 1. The number of hydrogen-bond donors (Lipinski definition) is 2. The van der Waals surface area contributed by atoms with Crippen molar-refractivity contribution in [3.05, 3.63) is 29.8 Å². The van der Waals surface area contributed by atoms with Gasteiger partial charge in [-0.3, -0.25) is 0 Å². The molecule has 140 valence electrons. The fraction of sp³-hybridized carbons (Fsp3) is 0.600. The van der Waals surface area contributed by atoms with E-state index in [9.17, 15) is 4.79 Å². The van der Waals surface area contributed by atoms with Crippen LogP contribution in [0.4, 0.5) is 5.69 Å². The molecule has 25 heavy (non-hydrogen) atoms. The van der Waals surface area contributed by atoms with Crippen LogP contribution in [0.3, 0.4) is 0 Å². The third kappa shape index (κ3) is 10.1. The number of nitrogens with one attached hydrogen (secondary N) is 2. The first kappa shape index (κ1) is 21.4. The Morgan fingerprint density at radius 2 is 1.56 bits per heavy atom. The van der Waals surface area contributed by atoms with Gasteiger partial charge in [-0.05, 0) is 49.8 Å². The smallest absolute Gasteiger partial charge is 0.338 e. The van der Waals surface area contributed by atoms with Crippen LogP contribution in [-0.4, -0.2) is 24.2 Å². The van der Waals surface area contributed by atoms with Crippen molar-refractivity contribution in [1.29, 1.82) is 0 Å². The van der Waals surface area contributed by atoms with Crippen LogP contribution in [0.15, 0.2) is 24.3 Å². The van der Waals surface area contributed by atoms with E-state index < -0.39 is 0 Å². The fourth-order valence-electron chi connectivity index (χ4n) is 2.54. The van der Waals surface area contributed by atoms with Crippen LogP contribution in [0.5, 0.6) is 0 Å². The van der Waals surface area contributed by atoms with Gasteiger partial charge in [0.25, 0.3) is 0 Å². The van der Waals surface area contributed by atoms with E-state index in [2.05, 4.69) is 17.6 Å². The lowest BCUT2D eigenvalue weighted by molar-refractivity contribution is 0.0526. The second-order valence-corrected chi connectivity index (χ2v) is 6.56. The predicted octanol–water partition coefficient (Wildman–Crippen LogP) is 5.29. The van der Waals surface area contributed by atoms with Crippen molar-refractivity contribution in [1.82, 2.24) is 5.32 Å². The summed E-state index contributed by atoms with van der Waals surface area (Å²) in [4.78, 5) is 11.6. The topological polar surface area (TPSA) is 50.4 Å². The second-order valence-electron chi connectivity index (χ2n) is 6.15. The first-order valence-corrected chi connectivity index (χ1v) is 9.90. The van der Waals surface area contributed by atoms with Gasteiger partial charge in [0.1, 0.15) is 0 Å². The summed E-state index contributed by atoms with van der Waals surface area (Å²) in [5.41, 5.74) is 1.41. The van der Waals surface area contributed by atoms with E-state index in [1.54, 1.807) is 19.1 Å². The predicted molar refractivity (Wildman–Crippen MR) is 109 cm³/mol. The van der Waals surface area contributed by atoms with Gasteiger partial charge in [-0.1, -0.05) is 51.9 Å². The molecular weight excluding hydrogens is 332 g/mol. The van der Waals surface area contributed by atoms with Crippen molar-refractivity contribution in [2.75, 3.05) is 18.5 Å². The van der Waals surface area contributed by atoms with Gasteiger partial charge in [-0.15, -0.1) is 0 Å². The van der Waals surface area contributed by atoms with Crippen LogP contribution in [0.25, 0.3) is 0 Å². The van der Waals surface area contributed by atoms with E-state index in [-0.39, 0.29) is 5.97 Å². The molecule has 0 aliphatic heterocycles. The average Bonchev–Trinajstić information content (AvgIpc) is 2.61. The lowest BCUT2D eigenvalue weighted by atomic mass is 10.1. The normalized spacial score (nSPS) is 10.3. The van der Waals surface area contributed by atoms with E-state index >= 15 is 0 Å². The molecule has 4 nitrogen and oxygen atoms in total. The van der Waals surface area contributed by atoms with Crippen molar-refractivity contribution in [2.45, 2.75) is 65.2 Å². The Hall–Kier alpha value is -1.62. The molecule has 5 heteroatoms. The van der Waals surface area contributed by atoms with Crippen molar-refractivity contribution < 1.29 is 9.53 Å². The third-order valence-corrected chi connectivity index (χ3v) is 4.22. The van der Waals surface area contributed by atoms with Gasteiger partial charge in [0.05, 0.1) is 12.2 Å². The molecule has 0 saturated heterocycles. The van der Waals surface area contributed by atoms with Gasteiger partial charge in [0, 0.05) is 12.2 Å². The molecule has 1 aromatic carbocycles. The molecule has 0 bridgehead atoms. The second kappa shape index (κ2) is 13.6. The van der Waals surface area contributed by atoms with Gasteiger partial charge >= 0.3 is 5.97 Å². The summed E-state index contributed by atoms with van der Waals surface area (Å²) in [5, 5.41) is 6.98. The van der Waals surface area contributed by atoms with Gasteiger partial charge < -0.3 is 15.4 Å². The maximum absolute atomic E-state index is 11.6. The summed E-state index contributed by atoms with van der Waals surface area (Å²) in [6.45, 7) is 5.31. The molecule has 1 rings (SSSR count). The van der Waals surface area contributed by atoms with E-state index in [1.807, 2.05) is 12.1 Å². The Morgan fingerprint density at radius 3 is 2.16 bits per heavy atom. The molecule has 0 aromatic heterocycles. The van der Waals surface area contributed by atoms with Gasteiger partial charge in [0.15, 0.2) is 5.11 Å². The Morgan fingerprint density at radius 1 is 0.960 bits per heavy atom. The van der Waals surface area contributed by atoms with Crippen molar-refractivity contribution in [2.24, 2.45) is 0 Å². The number of thiocarbonyl (C=S) groups is 1. The highest BCUT2D eigenvalue weighted by atomic mass is 32.1. The zero-order chi connectivity index (χ0) is 18.3. The van der Waals surface area contributed by atoms with Crippen molar-refractivity contribution in [3.8, 4) is 0 Å². The zero-order valence-corrected chi connectivity index (χ0v) is 16.4. The maximum Gasteiger partial charge on any atom is 0.338 e. The summed E-state index contributed by atoms with van der Waals surface area (Å²) in [6, 6.07) is 7.13. The van der Waals surface area contributed by atoms with E-state index in [1.165, 1.54) is 44.9 Å². The van der Waals surface area contributed by atoms with Crippen LogP contribution in [0.1, 0.15) is 75.6 Å². The summed E-state index contributed by atoms with van der Waals surface area (Å²) >= 11 is 5.30. The van der Waals surface area contributed by atoms with Gasteiger partial charge in [0.2, 0.25) is 0 Å². The van der Waals surface area contributed by atoms with Gasteiger partial charge in [-0.25, -0.2) is 4.79 Å². The highest BCUT2D eigenvalue weighted by Crippen LogP contribution is 2.11. The fourth-order valence-corrected chi connectivity index (χ4v) is 2.76. The van der Waals surface area contributed by atoms with Crippen LogP contribution >= 0.6 is 12.2 Å². The Bertz CT molecular complexity index is 503. The molecule has 0 atom stereocenters. The van der Waals surface area contributed by atoms with E-state index in [0.717, 1.165) is 18.7 Å². The van der Waals surface area contributed by atoms with Crippen LogP contribution < -0.4 is 10.6 Å². The molecule has 0 spiro atoms. The lowest BCUT2D eigenvalue weighted by Crippen LogP contribution is -2.29. The highest BCUT2D eigenvalue weighted by molar-refractivity contribution is 7.80. The van der Waals surface area contributed by atoms with Crippen LogP contribution in [0.2, 0.25) is 0 Å². The molecule has 0 radical (unpaired) electrons. The standard InChI is InChI=1S/C20H32N2O2S/c1-3-5-6-7-8-9-10-11-16-21-20(25)22-18-14-12-17(13-15-18)19(23)24-4-2/h12-15H,3-11,16H2,1-2H3,(H2,21,22,25). The van der Waals surface area contributed by atoms with Gasteiger partial charge in [-0.2, -0.15) is 0 Å². The molecule has 0 aliphatic carbocycles. The number of ether oxygens (including phenoxy) is 1. The van der Waals surface area contributed by atoms with E-state index in [4.69, 9.17) is 17.0 Å². The minimum Gasteiger partial charge on any atom is -0.462 e. The SMILES string of the molecule is CCCCCCCCCCNC(=S)Nc1ccc(C(=O)OCC)cc1. The van der Waals surface area contributed by atoms with Crippen molar-refractivity contribution >= 4 is 29.0 Å². The summed E-state index contributed by atoms with van der Waals surface area (Å²) in [5.74, 6) is -0.301. The molecule has 0 aliphatic rings. The average molecular weight is 365 g/mol. The minimum absolute atomic E-state index is 0.301. The summed E-state index contributed by atoms with van der Waals surface area (Å²) in [7, 11) is 0. The Labute approximate surface area is 157 Å². The third-order valence-electron chi connectivity index (χ3n) is 3.97. The largest absolute Gasteiger partial charge is 0.462 e. The molecule has 0 unspecified atom stereocenters. The molecule has 0 amide bonds. The molecule has 1 aromatic rings. The number of carbonyl (C=O) groups excluding carboxylic acids is 1. The molecule has 0 heterocycles. The van der Waals surface area contributed by atoms with Crippen LogP contribution in [0, 0.1) is 0 Å². The molecular formula is C20H32N2O2S. The van der Waals surface area contributed by atoms with E-state index in [0.29, 0.717) is 17.3 Å². The number of carbonyl (C=O) groups is 1. The highest BCUT2D eigenvalue weighted by Gasteiger charge is 2.05. The number of rotatable bonds is 12. The zero-order valence-electron chi connectivity index (χ0n) is 15.6. The molecule has 2 N–H and O–H groups in total. The number of hydrogen-bond acceptors (Lipinski definition) is 3. The quantitative estimate of drug-likeness (QED) is 0.300.